The molecule has 3 rings (SSSR count). The average Bonchev–Trinajstić information content (AvgIpc) is 2.52. The summed E-state index contributed by atoms with van der Waals surface area (Å²) in [7, 11) is 2.18. The SMILES string of the molecule is CCCC[NH+](C)Cc1cc(=O)oc2ccc3ccccc3c12. The molecule has 1 heterocycles. The fourth-order valence-electron chi connectivity index (χ4n) is 3.05. The van der Waals surface area contributed by atoms with Gasteiger partial charge in [0, 0.05) is 17.0 Å². The van der Waals surface area contributed by atoms with E-state index in [-0.39, 0.29) is 5.63 Å². The van der Waals surface area contributed by atoms with E-state index in [9.17, 15) is 4.79 Å². The van der Waals surface area contributed by atoms with Crippen molar-refractivity contribution in [3.63, 3.8) is 0 Å². The Morgan fingerprint density at radius 1 is 1.14 bits per heavy atom. The number of hydrogen-bond donors (Lipinski definition) is 1. The van der Waals surface area contributed by atoms with Crippen LogP contribution in [0.3, 0.4) is 0 Å². The Hall–Kier alpha value is -2.13. The van der Waals surface area contributed by atoms with Gasteiger partial charge in [0.1, 0.15) is 12.1 Å². The van der Waals surface area contributed by atoms with Crippen molar-refractivity contribution in [1.29, 1.82) is 0 Å². The summed E-state index contributed by atoms with van der Waals surface area (Å²) in [6, 6.07) is 13.8. The predicted octanol–water partition coefficient (Wildman–Crippen LogP) is 2.76. The Bertz CT molecular complexity index is 851. The second-order valence-corrected chi connectivity index (χ2v) is 5.99. The molecule has 0 saturated heterocycles. The lowest BCUT2D eigenvalue weighted by molar-refractivity contribution is -0.893. The molecule has 0 spiro atoms. The zero-order valence-electron chi connectivity index (χ0n) is 13.2. The molecule has 0 saturated carbocycles. The zero-order chi connectivity index (χ0) is 15.5. The number of rotatable bonds is 5. The van der Waals surface area contributed by atoms with Gasteiger partial charge >= 0.3 is 5.63 Å². The van der Waals surface area contributed by atoms with Crippen molar-refractivity contribution < 1.29 is 9.32 Å². The third kappa shape index (κ3) is 2.90. The van der Waals surface area contributed by atoms with Gasteiger partial charge in [0.05, 0.1) is 13.6 Å². The Morgan fingerprint density at radius 2 is 1.95 bits per heavy atom. The van der Waals surface area contributed by atoms with E-state index in [2.05, 4.69) is 26.1 Å². The summed E-state index contributed by atoms with van der Waals surface area (Å²) in [6.45, 7) is 4.16. The molecule has 22 heavy (non-hydrogen) atoms. The smallest absolute Gasteiger partial charge is 0.336 e. The first-order chi connectivity index (χ1) is 10.7. The minimum absolute atomic E-state index is 0.263. The third-order valence-electron chi connectivity index (χ3n) is 4.16. The number of nitrogens with one attached hydrogen (secondary N) is 1. The number of quaternary nitrogens is 1. The number of fused-ring (bicyclic) bond motifs is 3. The van der Waals surface area contributed by atoms with Crippen LogP contribution >= 0.6 is 0 Å². The molecule has 0 fully saturated rings. The van der Waals surface area contributed by atoms with Gasteiger partial charge in [-0.1, -0.05) is 43.7 Å². The highest BCUT2D eigenvalue weighted by atomic mass is 16.4. The average molecular weight is 296 g/mol. The first-order valence-electron chi connectivity index (χ1n) is 7.95. The number of benzene rings is 2. The molecule has 0 radical (unpaired) electrons. The van der Waals surface area contributed by atoms with Gasteiger partial charge in [0.2, 0.25) is 0 Å². The van der Waals surface area contributed by atoms with E-state index in [0.29, 0.717) is 5.58 Å². The molecule has 3 nitrogen and oxygen atoms in total. The predicted molar refractivity (Wildman–Crippen MR) is 90.4 cm³/mol. The van der Waals surface area contributed by atoms with Gasteiger partial charge in [0.15, 0.2) is 0 Å². The lowest BCUT2D eigenvalue weighted by Gasteiger charge is -2.15. The van der Waals surface area contributed by atoms with E-state index >= 15 is 0 Å². The van der Waals surface area contributed by atoms with Crippen molar-refractivity contribution in [2.45, 2.75) is 26.3 Å². The Labute approximate surface area is 130 Å². The van der Waals surface area contributed by atoms with Gasteiger partial charge in [-0.3, -0.25) is 0 Å². The summed E-state index contributed by atoms with van der Waals surface area (Å²) in [5.74, 6) is 0. The maximum atomic E-state index is 11.9. The van der Waals surface area contributed by atoms with Crippen molar-refractivity contribution in [3.8, 4) is 0 Å². The van der Waals surface area contributed by atoms with Crippen LogP contribution in [0.2, 0.25) is 0 Å². The maximum Gasteiger partial charge on any atom is 0.336 e. The van der Waals surface area contributed by atoms with Crippen molar-refractivity contribution in [3.05, 3.63) is 58.4 Å². The van der Waals surface area contributed by atoms with Crippen LogP contribution in [0, 0.1) is 0 Å². The molecule has 1 N–H and O–H groups in total. The first kappa shape index (κ1) is 14.8. The van der Waals surface area contributed by atoms with E-state index in [1.54, 1.807) is 6.07 Å². The van der Waals surface area contributed by atoms with E-state index in [1.165, 1.54) is 23.1 Å². The molecule has 1 atom stereocenters. The summed E-state index contributed by atoms with van der Waals surface area (Å²) < 4.78 is 5.41. The highest BCUT2D eigenvalue weighted by molar-refractivity contribution is 6.06. The number of unbranched alkanes of at least 4 members (excludes halogenated alkanes) is 1. The van der Waals surface area contributed by atoms with E-state index in [1.807, 2.05) is 24.3 Å². The van der Waals surface area contributed by atoms with E-state index in [0.717, 1.165) is 29.4 Å². The zero-order valence-corrected chi connectivity index (χ0v) is 13.2. The molecular weight excluding hydrogens is 274 g/mol. The monoisotopic (exact) mass is 296 g/mol. The van der Waals surface area contributed by atoms with Crippen LogP contribution in [0.5, 0.6) is 0 Å². The molecule has 114 valence electrons. The summed E-state index contributed by atoms with van der Waals surface area (Å²) in [5.41, 5.74) is 1.50. The molecule has 2 aromatic carbocycles. The molecule has 0 aliphatic heterocycles. The van der Waals surface area contributed by atoms with Crippen LogP contribution in [-0.2, 0) is 6.54 Å². The highest BCUT2D eigenvalue weighted by Crippen LogP contribution is 2.26. The molecule has 3 heteroatoms. The molecule has 1 aromatic heterocycles. The van der Waals surface area contributed by atoms with Crippen molar-refractivity contribution in [2.75, 3.05) is 13.6 Å². The lowest BCUT2D eigenvalue weighted by Crippen LogP contribution is -3.07. The largest absolute Gasteiger partial charge is 0.423 e. The first-order valence-corrected chi connectivity index (χ1v) is 7.95. The molecule has 0 aliphatic rings. The molecule has 0 aliphatic carbocycles. The maximum absolute atomic E-state index is 11.9. The van der Waals surface area contributed by atoms with Crippen LogP contribution in [-0.4, -0.2) is 13.6 Å². The van der Waals surface area contributed by atoms with E-state index in [4.69, 9.17) is 4.42 Å². The van der Waals surface area contributed by atoms with Crippen LogP contribution in [0.1, 0.15) is 25.3 Å². The Kier molecular flexibility index (Phi) is 4.25. The van der Waals surface area contributed by atoms with Gasteiger partial charge in [-0.2, -0.15) is 0 Å². The van der Waals surface area contributed by atoms with Crippen LogP contribution in [0.4, 0.5) is 0 Å². The standard InChI is InChI=1S/C19H21NO2/c1-3-4-11-20(2)13-15-12-18(21)22-17-10-9-14-7-5-6-8-16(14)19(15)17/h5-10,12H,3-4,11,13H2,1-2H3/p+1. The molecule has 1 unspecified atom stereocenters. The topological polar surface area (TPSA) is 34.7 Å². The lowest BCUT2D eigenvalue weighted by atomic mass is 10.0. The molecule has 3 aromatic rings. The van der Waals surface area contributed by atoms with Crippen LogP contribution < -0.4 is 10.5 Å². The van der Waals surface area contributed by atoms with Crippen LogP contribution in [0.25, 0.3) is 21.7 Å². The minimum atomic E-state index is -0.263. The molecule has 0 amide bonds. The van der Waals surface area contributed by atoms with Gasteiger partial charge in [-0.15, -0.1) is 0 Å². The fourth-order valence-corrected chi connectivity index (χ4v) is 3.05. The van der Waals surface area contributed by atoms with Gasteiger partial charge in [-0.05, 0) is 23.3 Å². The summed E-state index contributed by atoms with van der Waals surface area (Å²) in [5, 5.41) is 3.41. The second kappa shape index (κ2) is 6.32. The molecule has 0 bridgehead atoms. The quantitative estimate of drug-likeness (QED) is 0.580. The fraction of sp³-hybridized carbons (Fsp3) is 0.316. The third-order valence-corrected chi connectivity index (χ3v) is 4.16. The Morgan fingerprint density at radius 3 is 2.77 bits per heavy atom. The van der Waals surface area contributed by atoms with Crippen molar-refractivity contribution in [2.24, 2.45) is 0 Å². The normalized spacial score (nSPS) is 12.8. The van der Waals surface area contributed by atoms with Crippen molar-refractivity contribution in [1.82, 2.24) is 0 Å². The molecular formula is C19H22NO2+. The minimum Gasteiger partial charge on any atom is -0.423 e. The van der Waals surface area contributed by atoms with Crippen LogP contribution in [0.15, 0.2) is 51.7 Å². The van der Waals surface area contributed by atoms with Gasteiger partial charge < -0.3 is 9.32 Å². The number of hydrogen-bond acceptors (Lipinski definition) is 2. The second-order valence-electron chi connectivity index (χ2n) is 5.99. The summed E-state index contributed by atoms with van der Waals surface area (Å²) in [6.07, 6.45) is 2.39. The van der Waals surface area contributed by atoms with Gasteiger partial charge in [0.25, 0.3) is 0 Å². The Balaban J connectivity index is 2.15. The van der Waals surface area contributed by atoms with Gasteiger partial charge in [-0.25, -0.2) is 4.79 Å². The van der Waals surface area contributed by atoms with E-state index < -0.39 is 0 Å². The highest BCUT2D eigenvalue weighted by Gasteiger charge is 2.13. The van der Waals surface area contributed by atoms with Crippen molar-refractivity contribution >= 4 is 21.7 Å². The summed E-state index contributed by atoms with van der Waals surface area (Å²) in [4.78, 5) is 13.3. The summed E-state index contributed by atoms with van der Waals surface area (Å²) >= 11 is 0.